The quantitative estimate of drug-likeness (QED) is 0.620. The summed E-state index contributed by atoms with van der Waals surface area (Å²) in [6, 6.07) is 5.17. The van der Waals surface area contributed by atoms with Crippen LogP contribution in [0.25, 0.3) is 0 Å². The summed E-state index contributed by atoms with van der Waals surface area (Å²) in [6.07, 6.45) is 5.28. The second-order valence-corrected chi connectivity index (χ2v) is 5.98. The minimum Gasteiger partial charge on any atom is -0.278 e. The molecule has 1 heterocycles. The first-order chi connectivity index (χ1) is 9.58. The highest BCUT2D eigenvalue weighted by Gasteiger charge is 2.46. The molecule has 2 aliphatic rings. The Kier molecular flexibility index (Phi) is 3.57. The predicted molar refractivity (Wildman–Crippen MR) is 77.4 cm³/mol. The Morgan fingerprint density at radius 1 is 1.00 bits per heavy atom. The molecule has 1 aromatic carbocycles. The number of carbonyl (C=O) groups excluding carboxylic acids is 2. The molecule has 0 N–H and O–H groups in total. The van der Waals surface area contributed by atoms with Crippen LogP contribution in [0.2, 0.25) is 10.0 Å². The highest BCUT2D eigenvalue weighted by molar-refractivity contribution is 6.42. The summed E-state index contributed by atoms with van der Waals surface area (Å²) >= 11 is 11.8. The first-order valence-corrected chi connectivity index (χ1v) is 7.27. The van der Waals surface area contributed by atoms with Crippen molar-refractivity contribution in [3.8, 4) is 0 Å². The number of carbonyl (C=O) groups is 2. The van der Waals surface area contributed by atoms with Crippen molar-refractivity contribution in [1.29, 1.82) is 0 Å². The van der Waals surface area contributed by atoms with Crippen LogP contribution in [0.5, 0.6) is 0 Å². The first-order valence-electron chi connectivity index (χ1n) is 6.52. The molecule has 0 radical (unpaired) electrons. The van der Waals surface area contributed by atoms with Gasteiger partial charge in [-0.2, -0.15) is 0 Å². The molecule has 1 saturated heterocycles. The second kappa shape index (κ2) is 5.23. The highest BCUT2D eigenvalue weighted by atomic mass is 35.5. The van der Waals surface area contributed by atoms with Gasteiger partial charge in [0.15, 0.2) is 0 Å². The molecule has 0 aromatic heterocycles. The Morgan fingerprint density at radius 3 is 2.15 bits per heavy atom. The summed E-state index contributed by atoms with van der Waals surface area (Å²) in [5.74, 6) is -0.517. The molecule has 1 aliphatic carbocycles. The number of allylic oxidation sites excluding steroid dienone is 2. The second-order valence-electron chi connectivity index (χ2n) is 5.17. The topological polar surface area (TPSA) is 37.4 Å². The monoisotopic (exact) mass is 309 g/mol. The van der Waals surface area contributed by atoms with Gasteiger partial charge in [0.05, 0.1) is 28.4 Å². The van der Waals surface area contributed by atoms with E-state index in [0.717, 1.165) is 5.56 Å². The van der Waals surface area contributed by atoms with Gasteiger partial charge in [0, 0.05) is 0 Å². The maximum absolute atomic E-state index is 12.3. The third kappa shape index (κ3) is 2.25. The van der Waals surface area contributed by atoms with Gasteiger partial charge in [-0.15, -0.1) is 0 Å². The van der Waals surface area contributed by atoms with Gasteiger partial charge in [-0.05, 0) is 30.5 Å². The lowest BCUT2D eigenvalue weighted by atomic mass is 9.85. The number of halogens is 2. The summed E-state index contributed by atoms with van der Waals surface area (Å²) in [4.78, 5) is 26.0. The van der Waals surface area contributed by atoms with Crippen LogP contribution >= 0.6 is 23.2 Å². The van der Waals surface area contributed by atoms with Crippen LogP contribution in [0.3, 0.4) is 0 Å². The van der Waals surface area contributed by atoms with Gasteiger partial charge in [0.1, 0.15) is 0 Å². The van der Waals surface area contributed by atoms with Gasteiger partial charge in [-0.25, -0.2) is 0 Å². The molecule has 0 spiro atoms. The minimum absolute atomic E-state index is 0.0737. The van der Waals surface area contributed by atoms with Crippen molar-refractivity contribution in [3.05, 3.63) is 46.0 Å². The zero-order valence-electron chi connectivity index (χ0n) is 10.7. The van der Waals surface area contributed by atoms with E-state index in [9.17, 15) is 9.59 Å². The Bertz CT molecular complexity index is 586. The number of nitrogens with zero attached hydrogens (tertiary/aromatic N) is 1. The largest absolute Gasteiger partial charge is 0.278 e. The van der Waals surface area contributed by atoms with E-state index in [1.54, 1.807) is 18.2 Å². The number of rotatable bonds is 2. The molecule has 1 aromatic rings. The summed E-state index contributed by atoms with van der Waals surface area (Å²) in [6.45, 7) is 0.265. The molecule has 5 heteroatoms. The number of imide groups is 1. The molecule has 3 rings (SSSR count). The summed E-state index contributed by atoms with van der Waals surface area (Å²) < 4.78 is 0. The number of hydrogen-bond acceptors (Lipinski definition) is 2. The van der Waals surface area contributed by atoms with Crippen molar-refractivity contribution in [2.24, 2.45) is 11.8 Å². The lowest BCUT2D eigenvalue weighted by Gasteiger charge is -2.15. The fraction of sp³-hybridized carbons (Fsp3) is 0.333. The Morgan fingerprint density at radius 2 is 1.60 bits per heavy atom. The van der Waals surface area contributed by atoms with E-state index < -0.39 is 0 Å². The summed E-state index contributed by atoms with van der Waals surface area (Å²) in [5.41, 5.74) is 0.813. The molecule has 2 atom stereocenters. The van der Waals surface area contributed by atoms with Gasteiger partial charge in [-0.1, -0.05) is 41.4 Å². The third-order valence-electron chi connectivity index (χ3n) is 3.92. The normalized spacial score (nSPS) is 25.2. The highest BCUT2D eigenvalue weighted by Crippen LogP contribution is 2.36. The molecule has 20 heavy (non-hydrogen) atoms. The van der Waals surface area contributed by atoms with Crippen molar-refractivity contribution in [3.63, 3.8) is 0 Å². The summed E-state index contributed by atoms with van der Waals surface area (Å²) in [5, 5.41) is 0.898. The van der Waals surface area contributed by atoms with Gasteiger partial charge in [0.25, 0.3) is 0 Å². The van der Waals surface area contributed by atoms with Gasteiger partial charge >= 0.3 is 0 Å². The van der Waals surface area contributed by atoms with E-state index in [4.69, 9.17) is 23.2 Å². The fourth-order valence-electron chi connectivity index (χ4n) is 2.85. The maximum atomic E-state index is 12.3. The number of benzene rings is 1. The molecular weight excluding hydrogens is 297 g/mol. The maximum Gasteiger partial charge on any atom is 0.233 e. The van der Waals surface area contributed by atoms with Crippen LogP contribution in [0.1, 0.15) is 18.4 Å². The average Bonchev–Trinajstić information content (AvgIpc) is 2.69. The van der Waals surface area contributed by atoms with E-state index in [2.05, 4.69) is 0 Å². The molecule has 0 unspecified atom stereocenters. The number of hydrogen-bond donors (Lipinski definition) is 0. The van der Waals surface area contributed by atoms with Crippen LogP contribution in [-0.2, 0) is 16.1 Å². The van der Waals surface area contributed by atoms with Crippen LogP contribution in [0, 0.1) is 11.8 Å². The molecule has 104 valence electrons. The molecular formula is C15H13Cl2NO2. The van der Waals surface area contributed by atoms with Gasteiger partial charge in [-0.3, -0.25) is 14.5 Å². The fourth-order valence-corrected chi connectivity index (χ4v) is 3.17. The lowest BCUT2D eigenvalue weighted by Crippen LogP contribution is -2.30. The van der Waals surface area contributed by atoms with Crippen molar-refractivity contribution in [1.82, 2.24) is 4.90 Å². The van der Waals surface area contributed by atoms with E-state index in [0.29, 0.717) is 22.9 Å². The molecule has 1 aliphatic heterocycles. The van der Waals surface area contributed by atoms with Crippen molar-refractivity contribution in [2.45, 2.75) is 19.4 Å². The van der Waals surface area contributed by atoms with Crippen LogP contribution < -0.4 is 0 Å². The molecule has 0 bridgehead atoms. The van der Waals surface area contributed by atoms with Crippen LogP contribution in [-0.4, -0.2) is 16.7 Å². The Labute approximate surface area is 127 Å². The average molecular weight is 310 g/mol. The van der Waals surface area contributed by atoms with Crippen LogP contribution in [0.4, 0.5) is 0 Å². The SMILES string of the molecule is O=C1[C@H]2CC=CC[C@H]2C(=O)N1Cc1ccc(Cl)c(Cl)c1. The number of fused-ring (bicyclic) bond motifs is 1. The minimum atomic E-state index is -0.185. The van der Waals surface area contributed by atoms with Crippen LogP contribution in [0.15, 0.2) is 30.4 Å². The van der Waals surface area contributed by atoms with E-state index in [-0.39, 0.29) is 30.2 Å². The Hall–Kier alpha value is -1.32. The molecule has 3 nitrogen and oxygen atoms in total. The Balaban J connectivity index is 1.82. The standard InChI is InChI=1S/C15H13Cl2NO2/c16-12-6-5-9(7-13(12)17)8-18-14(19)10-3-1-2-4-11(10)15(18)20/h1-2,5-7,10-11H,3-4,8H2/t10-,11+. The van der Waals surface area contributed by atoms with Gasteiger partial charge < -0.3 is 0 Å². The van der Waals surface area contributed by atoms with Gasteiger partial charge in [0.2, 0.25) is 11.8 Å². The van der Waals surface area contributed by atoms with E-state index in [1.807, 2.05) is 12.2 Å². The zero-order valence-corrected chi connectivity index (χ0v) is 12.2. The zero-order chi connectivity index (χ0) is 14.3. The smallest absolute Gasteiger partial charge is 0.233 e. The van der Waals surface area contributed by atoms with Crippen molar-refractivity contribution in [2.75, 3.05) is 0 Å². The number of likely N-dealkylation sites (tertiary alicyclic amines) is 1. The van der Waals surface area contributed by atoms with Crippen molar-refractivity contribution < 1.29 is 9.59 Å². The van der Waals surface area contributed by atoms with Crippen molar-refractivity contribution >= 4 is 35.0 Å². The molecule has 0 saturated carbocycles. The third-order valence-corrected chi connectivity index (χ3v) is 4.66. The number of amides is 2. The summed E-state index contributed by atoms with van der Waals surface area (Å²) in [7, 11) is 0. The van der Waals surface area contributed by atoms with E-state index >= 15 is 0 Å². The molecule has 1 fully saturated rings. The lowest BCUT2D eigenvalue weighted by molar-refractivity contribution is -0.140. The first kappa shape index (κ1) is 13.7. The molecule has 2 amide bonds. The van der Waals surface area contributed by atoms with E-state index in [1.165, 1.54) is 4.90 Å². The predicted octanol–water partition coefficient (Wildman–Crippen LogP) is 3.44.